The minimum atomic E-state index is 0.179. The van der Waals surface area contributed by atoms with Crippen molar-refractivity contribution >= 4 is 10.9 Å². The van der Waals surface area contributed by atoms with Crippen molar-refractivity contribution in [3.63, 3.8) is 0 Å². The van der Waals surface area contributed by atoms with E-state index in [1.54, 1.807) is 7.11 Å². The molecule has 1 aromatic carbocycles. The van der Waals surface area contributed by atoms with Crippen molar-refractivity contribution in [2.45, 2.75) is 18.9 Å². The molecule has 0 radical (unpaired) electrons. The molecule has 1 unspecified atom stereocenters. The van der Waals surface area contributed by atoms with Crippen molar-refractivity contribution in [2.24, 2.45) is 5.84 Å². The number of pyridine rings is 1. The van der Waals surface area contributed by atoms with E-state index in [9.17, 15) is 0 Å². The summed E-state index contributed by atoms with van der Waals surface area (Å²) >= 11 is 0. The van der Waals surface area contributed by atoms with Gasteiger partial charge in [0.25, 0.3) is 0 Å². The molecular weight excluding hydrogens is 266 g/mol. The van der Waals surface area contributed by atoms with Gasteiger partial charge in [0.2, 0.25) is 0 Å². The number of benzene rings is 1. The summed E-state index contributed by atoms with van der Waals surface area (Å²) in [5, 5.41) is 1.18. The van der Waals surface area contributed by atoms with Gasteiger partial charge in [-0.2, -0.15) is 0 Å². The third-order valence-corrected chi connectivity index (χ3v) is 3.48. The number of fused-ring (bicyclic) bond motifs is 1. The van der Waals surface area contributed by atoms with Crippen molar-refractivity contribution in [3.8, 4) is 0 Å². The van der Waals surface area contributed by atoms with E-state index in [0.717, 1.165) is 18.4 Å². The summed E-state index contributed by atoms with van der Waals surface area (Å²) in [5.41, 5.74) is 5.14. The van der Waals surface area contributed by atoms with Crippen LogP contribution in [0.4, 0.5) is 0 Å². The highest BCUT2D eigenvalue weighted by Gasteiger charge is 2.10. The normalized spacial score (nSPS) is 12.7. The van der Waals surface area contributed by atoms with Crippen LogP contribution >= 0.6 is 0 Å². The lowest BCUT2D eigenvalue weighted by molar-refractivity contribution is 0.0658. The Morgan fingerprint density at radius 1 is 1.19 bits per heavy atom. The van der Waals surface area contributed by atoms with Crippen LogP contribution in [0.15, 0.2) is 36.5 Å². The second-order valence-electron chi connectivity index (χ2n) is 4.95. The maximum atomic E-state index is 5.66. The Bertz CT molecular complexity index is 543. The molecular formula is C16H23N3O2. The van der Waals surface area contributed by atoms with Crippen LogP contribution in [0.1, 0.15) is 12.0 Å². The Kier molecular flexibility index (Phi) is 6.56. The monoisotopic (exact) mass is 289 g/mol. The highest BCUT2D eigenvalue weighted by Crippen LogP contribution is 2.18. The number of nitrogens with two attached hydrogens (primary N) is 1. The van der Waals surface area contributed by atoms with Crippen LogP contribution in [0, 0.1) is 0 Å². The molecule has 1 heterocycles. The molecule has 0 saturated carbocycles. The zero-order valence-electron chi connectivity index (χ0n) is 12.4. The number of methoxy groups -OCH3 is 1. The van der Waals surface area contributed by atoms with Crippen molar-refractivity contribution < 1.29 is 9.47 Å². The van der Waals surface area contributed by atoms with Gasteiger partial charge in [0.15, 0.2) is 0 Å². The highest BCUT2D eigenvalue weighted by molar-refractivity contribution is 5.81. The van der Waals surface area contributed by atoms with Crippen LogP contribution in [0.5, 0.6) is 0 Å². The maximum Gasteiger partial charge on any atom is 0.0704 e. The fourth-order valence-corrected chi connectivity index (χ4v) is 2.31. The molecule has 0 aliphatic carbocycles. The van der Waals surface area contributed by atoms with Gasteiger partial charge >= 0.3 is 0 Å². The molecule has 0 saturated heterocycles. The van der Waals surface area contributed by atoms with Gasteiger partial charge in [0.05, 0.1) is 18.7 Å². The van der Waals surface area contributed by atoms with Gasteiger partial charge in [0, 0.05) is 31.3 Å². The molecule has 0 aliphatic rings. The molecule has 0 aliphatic heterocycles. The lowest BCUT2D eigenvalue weighted by atomic mass is 10.0. The number of nitrogens with zero attached hydrogens (tertiary/aromatic N) is 1. The van der Waals surface area contributed by atoms with E-state index in [1.807, 2.05) is 24.4 Å². The molecule has 0 bridgehead atoms. The zero-order valence-corrected chi connectivity index (χ0v) is 12.4. The summed E-state index contributed by atoms with van der Waals surface area (Å²) in [7, 11) is 1.67. The molecule has 0 amide bonds. The Labute approximate surface area is 125 Å². The lowest BCUT2D eigenvalue weighted by Crippen LogP contribution is -2.37. The lowest BCUT2D eigenvalue weighted by Gasteiger charge is -2.17. The smallest absolute Gasteiger partial charge is 0.0704 e. The molecule has 5 nitrogen and oxygen atoms in total. The fourth-order valence-electron chi connectivity index (χ4n) is 2.31. The Balaban J connectivity index is 1.94. The first-order valence-corrected chi connectivity index (χ1v) is 7.20. The first-order valence-electron chi connectivity index (χ1n) is 7.20. The molecule has 114 valence electrons. The number of ether oxygens (including phenoxy) is 2. The molecule has 3 N–H and O–H groups in total. The van der Waals surface area contributed by atoms with Gasteiger partial charge in [-0.05, 0) is 30.5 Å². The summed E-state index contributed by atoms with van der Waals surface area (Å²) in [6.07, 6.45) is 3.56. The summed E-state index contributed by atoms with van der Waals surface area (Å²) in [5.74, 6) is 5.66. The zero-order chi connectivity index (χ0) is 14.9. The minimum absolute atomic E-state index is 0.179. The topological polar surface area (TPSA) is 69.4 Å². The minimum Gasteiger partial charge on any atom is -0.382 e. The Morgan fingerprint density at radius 2 is 2.05 bits per heavy atom. The van der Waals surface area contributed by atoms with E-state index in [4.69, 9.17) is 15.3 Å². The SMILES string of the molecule is COCCOCCC(Cc1ccnc2ccccc12)NN. The number of nitrogens with one attached hydrogen (secondary N) is 1. The molecule has 1 atom stereocenters. The standard InChI is InChI=1S/C16H23N3O2/c1-20-10-11-21-9-7-14(19-17)12-13-6-8-18-16-5-3-2-4-15(13)16/h2-6,8,14,19H,7,9-12,17H2,1H3. The van der Waals surface area contributed by atoms with Gasteiger partial charge in [-0.1, -0.05) is 18.2 Å². The van der Waals surface area contributed by atoms with E-state index in [0.29, 0.717) is 19.8 Å². The molecule has 2 aromatic rings. The van der Waals surface area contributed by atoms with Crippen molar-refractivity contribution in [1.82, 2.24) is 10.4 Å². The summed E-state index contributed by atoms with van der Waals surface area (Å²) in [4.78, 5) is 4.38. The summed E-state index contributed by atoms with van der Waals surface area (Å²) in [6.45, 7) is 1.91. The number of hydrogen-bond acceptors (Lipinski definition) is 5. The molecule has 0 spiro atoms. The van der Waals surface area contributed by atoms with Crippen LogP contribution in [-0.4, -0.2) is 38.0 Å². The van der Waals surface area contributed by atoms with Crippen LogP contribution in [0.2, 0.25) is 0 Å². The predicted octanol–water partition coefficient (Wildman–Crippen LogP) is 1.66. The summed E-state index contributed by atoms with van der Waals surface area (Å²) < 4.78 is 10.4. The van der Waals surface area contributed by atoms with E-state index >= 15 is 0 Å². The Morgan fingerprint density at radius 3 is 2.86 bits per heavy atom. The van der Waals surface area contributed by atoms with E-state index in [2.05, 4.69) is 22.5 Å². The molecule has 2 rings (SSSR count). The Hall–Kier alpha value is -1.53. The fraction of sp³-hybridized carbons (Fsp3) is 0.438. The number of hydrogen-bond donors (Lipinski definition) is 2. The second kappa shape index (κ2) is 8.69. The van der Waals surface area contributed by atoms with Crippen LogP contribution in [-0.2, 0) is 15.9 Å². The van der Waals surface area contributed by atoms with E-state index in [1.165, 1.54) is 10.9 Å². The number of aromatic nitrogens is 1. The number of rotatable bonds is 9. The maximum absolute atomic E-state index is 5.66. The molecule has 0 fully saturated rings. The number of hydrazine groups is 1. The average Bonchev–Trinajstić information content (AvgIpc) is 2.53. The quantitative estimate of drug-likeness (QED) is 0.417. The van der Waals surface area contributed by atoms with Crippen molar-refractivity contribution in [1.29, 1.82) is 0 Å². The average molecular weight is 289 g/mol. The van der Waals surface area contributed by atoms with E-state index in [-0.39, 0.29) is 6.04 Å². The van der Waals surface area contributed by atoms with Crippen LogP contribution in [0.25, 0.3) is 10.9 Å². The van der Waals surface area contributed by atoms with Crippen molar-refractivity contribution in [2.75, 3.05) is 26.9 Å². The third kappa shape index (κ3) is 4.75. The first-order chi connectivity index (χ1) is 10.3. The molecule has 1 aromatic heterocycles. The van der Waals surface area contributed by atoms with Crippen molar-refractivity contribution in [3.05, 3.63) is 42.1 Å². The van der Waals surface area contributed by atoms with Gasteiger partial charge in [-0.15, -0.1) is 0 Å². The highest BCUT2D eigenvalue weighted by atomic mass is 16.5. The third-order valence-electron chi connectivity index (χ3n) is 3.48. The van der Waals surface area contributed by atoms with Gasteiger partial charge in [-0.25, -0.2) is 0 Å². The molecule has 5 heteroatoms. The van der Waals surface area contributed by atoms with Crippen LogP contribution < -0.4 is 11.3 Å². The summed E-state index contributed by atoms with van der Waals surface area (Å²) in [6, 6.07) is 10.4. The largest absolute Gasteiger partial charge is 0.382 e. The molecule has 21 heavy (non-hydrogen) atoms. The number of para-hydroxylation sites is 1. The first kappa shape index (κ1) is 15.9. The van der Waals surface area contributed by atoms with Gasteiger partial charge in [-0.3, -0.25) is 16.3 Å². The van der Waals surface area contributed by atoms with E-state index < -0.39 is 0 Å². The van der Waals surface area contributed by atoms with Gasteiger partial charge < -0.3 is 9.47 Å². The predicted molar refractivity (Wildman–Crippen MR) is 83.9 cm³/mol. The van der Waals surface area contributed by atoms with Gasteiger partial charge in [0.1, 0.15) is 0 Å². The second-order valence-corrected chi connectivity index (χ2v) is 4.95. The van der Waals surface area contributed by atoms with Crippen LogP contribution in [0.3, 0.4) is 0 Å².